The molecule has 0 spiro atoms. The Kier molecular flexibility index (Phi) is 6.19. The van der Waals surface area contributed by atoms with E-state index in [4.69, 9.17) is 9.97 Å². The Bertz CT molecular complexity index is 392. The van der Waals surface area contributed by atoms with Crippen molar-refractivity contribution in [1.82, 2.24) is 9.97 Å². The van der Waals surface area contributed by atoms with E-state index < -0.39 is 0 Å². The van der Waals surface area contributed by atoms with Crippen molar-refractivity contribution in [2.24, 2.45) is 0 Å². The van der Waals surface area contributed by atoms with Crippen LogP contribution in [0.15, 0.2) is 0 Å². The molecule has 19 heavy (non-hydrogen) atoms. The van der Waals surface area contributed by atoms with E-state index >= 15 is 0 Å². The number of hydrogen-bond donors (Lipinski definition) is 1. The van der Waals surface area contributed by atoms with Gasteiger partial charge in [0.2, 0.25) is 0 Å². The first-order chi connectivity index (χ1) is 9.26. The van der Waals surface area contributed by atoms with Crippen LogP contribution in [-0.4, -0.2) is 22.3 Å². The van der Waals surface area contributed by atoms with Gasteiger partial charge in [0.15, 0.2) is 0 Å². The lowest BCUT2D eigenvalue weighted by molar-refractivity contribution is 0.656. The van der Waals surface area contributed by atoms with Crippen molar-refractivity contribution in [3.8, 4) is 0 Å². The lowest BCUT2D eigenvalue weighted by Crippen LogP contribution is -2.13. The molecule has 2 heterocycles. The molecule has 0 amide bonds. The van der Waals surface area contributed by atoms with Crippen LogP contribution in [0.3, 0.4) is 0 Å². The largest absolute Gasteiger partial charge is 0.369 e. The lowest BCUT2D eigenvalue weighted by Gasteiger charge is -2.21. The third kappa shape index (κ3) is 3.97. The van der Waals surface area contributed by atoms with Crippen LogP contribution in [0.5, 0.6) is 0 Å². The summed E-state index contributed by atoms with van der Waals surface area (Å²) >= 11 is 4.40. The van der Waals surface area contributed by atoms with Crippen molar-refractivity contribution in [3.63, 3.8) is 0 Å². The van der Waals surface area contributed by atoms with Gasteiger partial charge in [-0.3, -0.25) is 0 Å². The summed E-state index contributed by atoms with van der Waals surface area (Å²) in [7, 11) is 0. The van der Waals surface area contributed by atoms with Crippen molar-refractivity contribution in [1.29, 1.82) is 0 Å². The molecule has 1 aliphatic rings. The van der Waals surface area contributed by atoms with E-state index in [0.717, 1.165) is 31.0 Å². The van der Waals surface area contributed by atoms with Gasteiger partial charge in [0.05, 0.1) is 14.5 Å². The van der Waals surface area contributed by atoms with Crippen LogP contribution in [0.4, 0.5) is 5.82 Å². The third-order valence-electron chi connectivity index (χ3n) is 3.24. The van der Waals surface area contributed by atoms with E-state index in [9.17, 15) is 0 Å². The molecule has 1 aliphatic heterocycles. The van der Waals surface area contributed by atoms with Crippen molar-refractivity contribution < 1.29 is 0 Å². The Labute approximate surface area is 133 Å². The second-order valence-corrected chi connectivity index (χ2v) is 7.22. The van der Waals surface area contributed by atoms with Crippen molar-refractivity contribution in [2.75, 3.05) is 17.6 Å². The van der Waals surface area contributed by atoms with Crippen molar-refractivity contribution >= 4 is 40.2 Å². The highest BCUT2D eigenvalue weighted by molar-refractivity contribution is 14.1. The molecule has 1 unspecified atom stereocenters. The molecular weight excluding hydrogens is 369 g/mol. The van der Waals surface area contributed by atoms with E-state index in [2.05, 4.69) is 41.8 Å². The number of aryl methyl sites for hydroxylation is 1. The number of nitrogens with one attached hydrogen (secondary N) is 1. The van der Waals surface area contributed by atoms with Crippen LogP contribution < -0.4 is 5.32 Å². The van der Waals surface area contributed by atoms with Crippen LogP contribution in [0, 0.1) is 3.57 Å². The van der Waals surface area contributed by atoms with E-state index in [1.165, 1.54) is 34.3 Å². The Morgan fingerprint density at radius 3 is 2.79 bits per heavy atom. The minimum absolute atomic E-state index is 0.499. The number of nitrogens with zero attached hydrogens (tertiary/aromatic N) is 2. The summed E-state index contributed by atoms with van der Waals surface area (Å²) < 4.78 is 1.20. The zero-order valence-corrected chi connectivity index (χ0v) is 14.7. The number of rotatable bonds is 5. The molecule has 1 N–H and O–H groups in total. The van der Waals surface area contributed by atoms with E-state index in [1.807, 2.05) is 11.8 Å². The molecule has 1 aromatic rings. The van der Waals surface area contributed by atoms with Crippen LogP contribution in [0.1, 0.15) is 56.3 Å². The quantitative estimate of drug-likeness (QED) is 0.754. The third-order valence-corrected chi connectivity index (χ3v) is 5.74. The minimum atomic E-state index is 0.499. The lowest BCUT2D eigenvalue weighted by atomic mass is 10.1. The molecule has 0 radical (unpaired) electrons. The molecule has 3 nitrogen and oxygen atoms in total. The van der Waals surface area contributed by atoms with Gasteiger partial charge in [0.25, 0.3) is 0 Å². The summed E-state index contributed by atoms with van der Waals surface area (Å²) in [5.74, 6) is 3.33. The van der Waals surface area contributed by atoms with Gasteiger partial charge in [-0.1, -0.05) is 19.8 Å². The van der Waals surface area contributed by atoms with Gasteiger partial charge in [0, 0.05) is 6.54 Å². The first-order valence-corrected chi connectivity index (χ1v) is 9.30. The summed E-state index contributed by atoms with van der Waals surface area (Å²) in [6.07, 6.45) is 6.06. The average Bonchev–Trinajstić information content (AvgIpc) is 2.44. The van der Waals surface area contributed by atoms with Crippen molar-refractivity contribution in [2.45, 2.75) is 51.2 Å². The number of hydrogen-bond acceptors (Lipinski definition) is 4. The minimum Gasteiger partial charge on any atom is -0.369 e. The van der Waals surface area contributed by atoms with Gasteiger partial charge < -0.3 is 5.32 Å². The van der Waals surface area contributed by atoms with Crippen molar-refractivity contribution in [3.05, 3.63) is 15.1 Å². The van der Waals surface area contributed by atoms with Crippen LogP contribution in [0.25, 0.3) is 0 Å². The Morgan fingerprint density at radius 2 is 2.16 bits per heavy atom. The summed E-state index contributed by atoms with van der Waals surface area (Å²) in [6, 6.07) is 0. The normalized spacial score (nSPS) is 19.4. The van der Waals surface area contributed by atoms with Gasteiger partial charge in [-0.05, 0) is 54.5 Å². The molecule has 1 atom stereocenters. The molecule has 2 rings (SSSR count). The van der Waals surface area contributed by atoms with Gasteiger partial charge in [0.1, 0.15) is 11.6 Å². The maximum Gasteiger partial charge on any atom is 0.144 e. The van der Waals surface area contributed by atoms with E-state index in [-0.39, 0.29) is 0 Å². The van der Waals surface area contributed by atoms with Crippen LogP contribution in [0.2, 0.25) is 0 Å². The molecule has 1 aromatic heterocycles. The highest BCUT2D eigenvalue weighted by Crippen LogP contribution is 2.37. The fourth-order valence-corrected chi connectivity index (χ4v) is 4.23. The second kappa shape index (κ2) is 7.67. The predicted molar refractivity (Wildman–Crippen MR) is 92.0 cm³/mol. The maximum absolute atomic E-state index is 4.85. The van der Waals surface area contributed by atoms with Crippen LogP contribution in [-0.2, 0) is 6.42 Å². The second-order valence-electron chi connectivity index (χ2n) is 4.83. The molecule has 5 heteroatoms. The highest BCUT2D eigenvalue weighted by atomic mass is 127. The zero-order chi connectivity index (χ0) is 13.7. The smallest absolute Gasteiger partial charge is 0.144 e. The summed E-state index contributed by atoms with van der Waals surface area (Å²) in [5.41, 5.74) is 1.22. The van der Waals surface area contributed by atoms with Gasteiger partial charge in [-0.2, -0.15) is 11.8 Å². The highest BCUT2D eigenvalue weighted by Gasteiger charge is 2.21. The van der Waals surface area contributed by atoms with E-state index in [1.54, 1.807) is 0 Å². The van der Waals surface area contributed by atoms with Gasteiger partial charge in [-0.25, -0.2) is 9.97 Å². The summed E-state index contributed by atoms with van der Waals surface area (Å²) in [4.78, 5) is 9.63. The predicted octanol–water partition coefficient (Wildman–Crippen LogP) is 4.42. The topological polar surface area (TPSA) is 37.8 Å². The number of aromatic nitrogens is 2. The summed E-state index contributed by atoms with van der Waals surface area (Å²) in [6.45, 7) is 5.24. The standard InChI is InChI=1S/C14H22IN3S/c1-3-7-10-12(15)14(16-4-2)18-13(17-10)11-8-5-6-9-19-11/h11H,3-9H2,1-2H3,(H,16,17,18). The van der Waals surface area contributed by atoms with Gasteiger partial charge >= 0.3 is 0 Å². The monoisotopic (exact) mass is 391 g/mol. The SMILES string of the molecule is CCCc1nc(C2CCCCS2)nc(NCC)c1I. The Morgan fingerprint density at radius 1 is 1.32 bits per heavy atom. The van der Waals surface area contributed by atoms with Gasteiger partial charge in [-0.15, -0.1) is 0 Å². The summed E-state index contributed by atoms with van der Waals surface area (Å²) in [5, 5.41) is 3.89. The molecule has 0 aromatic carbocycles. The molecule has 1 fully saturated rings. The molecule has 0 aliphatic carbocycles. The molecular formula is C14H22IN3S. The molecule has 106 valence electrons. The van der Waals surface area contributed by atoms with Crippen LogP contribution >= 0.6 is 34.4 Å². The maximum atomic E-state index is 4.85. The number of thioether (sulfide) groups is 1. The number of halogens is 1. The fraction of sp³-hybridized carbons (Fsp3) is 0.714. The first kappa shape index (κ1) is 15.4. The molecule has 0 saturated carbocycles. The zero-order valence-electron chi connectivity index (χ0n) is 11.7. The average molecular weight is 391 g/mol. The number of anilines is 1. The fourth-order valence-electron chi connectivity index (χ4n) is 2.29. The van der Waals surface area contributed by atoms with E-state index in [0.29, 0.717) is 5.25 Å². The Hall–Kier alpha value is -0.0400. The Balaban J connectivity index is 2.30. The first-order valence-electron chi connectivity index (χ1n) is 7.18. The molecule has 1 saturated heterocycles. The molecule has 0 bridgehead atoms.